The molecule has 4 heteroatoms. The molecule has 0 saturated carbocycles. The maximum atomic E-state index is 11.4. The van der Waals surface area contributed by atoms with Crippen molar-refractivity contribution in [3.8, 4) is 5.69 Å². The first kappa shape index (κ1) is 9.58. The Labute approximate surface area is 87.4 Å². The smallest absolute Gasteiger partial charge is 0.330 e. The van der Waals surface area contributed by atoms with Crippen molar-refractivity contribution in [2.75, 3.05) is 5.73 Å². The molecule has 0 aliphatic heterocycles. The first-order valence-corrected chi connectivity index (χ1v) is 4.72. The minimum Gasteiger partial charge on any atom is -0.398 e. The Balaban J connectivity index is 2.69. The first-order chi connectivity index (χ1) is 7.09. The second-order valence-electron chi connectivity index (χ2n) is 3.63. The summed E-state index contributed by atoms with van der Waals surface area (Å²) in [6.07, 6.45) is 3.30. The van der Waals surface area contributed by atoms with Crippen LogP contribution in [0.4, 0.5) is 5.69 Å². The summed E-state index contributed by atoms with van der Waals surface area (Å²) in [7, 11) is 0. The van der Waals surface area contributed by atoms with E-state index in [0.717, 1.165) is 16.8 Å². The molecule has 0 fully saturated rings. The minimum absolute atomic E-state index is 0.152. The summed E-state index contributed by atoms with van der Waals surface area (Å²) in [6.45, 7) is 3.91. The van der Waals surface area contributed by atoms with E-state index in [0.29, 0.717) is 5.69 Å². The predicted molar refractivity (Wildman–Crippen MR) is 60.3 cm³/mol. The number of anilines is 1. The van der Waals surface area contributed by atoms with Gasteiger partial charge >= 0.3 is 5.69 Å². The SMILES string of the molecule is Cc1cc(C)c(-n2cc[nH]c2=O)cc1N. The highest BCUT2D eigenvalue weighted by Gasteiger charge is 2.05. The van der Waals surface area contributed by atoms with E-state index in [1.165, 1.54) is 0 Å². The van der Waals surface area contributed by atoms with Crippen LogP contribution >= 0.6 is 0 Å². The molecule has 0 saturated heterocycles. The molecule has 4 nitrogen and oxygen atoms in total. The van der Waals surface area contributed by atoms with Crippen molar-refractivity contribution < 1.29 is 0 Å². The number of hydrogen-bond donors (Lipinski definition) is 2. The largest absolute Gasteiger partial charge is 0.398 e. The second-order valence-corrected chi connectivity index (χ2v) is 3.63. The lowest BCUT2D eigenvalue weighted by Gasteiger charge is -2.09. The van der Waals surface area contributed by atoms with E-state index in [2.05, 4.69) is 4.98 Å². The fourth-order valence-corrected chi connectivity index (χ4v) is 1.63. The maximum absolute atomic E-state index is 11.4. The number of aryl methyl sites for hydroxylation is 2. The molecule has 0 aliphatic carbocycles. The van der Waals surface area contributed by atoms with Crippen molar-refractivity contribution in [1.82, 2.24) is 9.55 Å². The van der Waals surface area contributed by atoms with Crippen LogP contribution in [0, 0.1) is 13.8 Å². The fourth-order valence-electron chi connectivity index (χ4n) is 1.63. The number of rotatable bonds is 1. The van der Waals surface area contributed by atoms with E-state index in [4.69, 9.17) is 5.73 Å². The number of nitrogens with one attached hydrogen (secondary N) is 1. The number of aromatic nitrogens is 2. The third-order valence-corrected chi connectivity index (χ3v) is 2.49. The van der Waals surface area contributed by atoms with Crippen LogP contribution in [0.15, 0.2) is 29.3 Å². The van der Waals surface area contributed by atoms with Gasteiger partial charge in [-0.3, -0.25) is 4.57 Å². The van der Waals surface area contributed by atoms with E-state index in [1.54, 1.807) is 17.0 Å². The van der Waals surface area contributed by atoms with Gasteiger partial charge in [-0.1, -0.05) is 6.07 Å². The predicted octanol–water partition coefficient (Wildman–Crippen LogP) is 1.36. The molecule has 0 radical (unpaired) electrons. The number of aromatic amines is 1. The Hall–Kier alpha value is -1.97. The van der Waals surface area contributed by atoms with Crippen molar-refractivity contribution in [2.24, 2.45) is 0 Å². The number of imidazole rings is 1. The molecule has 78 valence electrons. The standard InChI is InChI=1S/C11H13N3O/c1-7-5-8(2)10(6-9(7)12)14-4-3-13-11(14)15/h3-6H,12H2,1-2H3,(H,13,15). The number of benzene rings is 1. The van der Waals surface area contributed by atoms with Crippen LogP contribution in [-0.2, 0) is 0 Å². The number of nitrogen functional groups attached to an aromatic ring is 1. The van der Waals surface area contributed by atoms with Gasteiger partial charge in [-0.25, -0.2) is 4.79 Å². The van der Waals surface area contributed by atoms with Crippen LogP contribution in [0.25, 0.3) is 5.69 Å². The average molecular weight is 203 g/mol. The lowest BCUT2D eigenvalue weighted by molar-refractivity contribution is 0.975. The lowest BCUT2D eigenvalue weighted by atomic mass is 10.1. The van der Waals surface area contributed by atoms with E-state index in [1.807, 2.05) is 26.0 Å². The maximum Gasteiger partial charge on any atom is 0.330 e. The summed E-state index contributed by atoms with van der Waals surface area (Å²) < 4.78 is 1.55. The third-order valence-electron chi connectivity index (χ3n) is 2.49. The zero-order valence-electron chi connectivity index (χ0n) is 8.74. The van der Waals surface area contributed by atoms with Gasteiger partial charge < -0.3 is 10.7 Å². The van der Waals surface area contributed by atoms with Gasteiger partial charge in [0, 0.05) is 18.1 Å². The molecule has 0 spiro atoms. The zero-order chi connectivity index (χ0) is 11.0. The topological polar surface area (TPSA) is 63.8 Å². The molecule has 2 rings (SSSR count). The first-order valence-electron chi connectivity index (χ1n) is 4.72. The van der Waals surface area contributed by atoms with Crippen LogP contribution in [0.1, 0.15) is 11.1 Å². The molecular formula is C11H13N3O. The molecule has 0 bridgehead atoms. The normalized spacial score (nSPS) is 10.5. The zero-order valence-corrected chi connectivity index (χ0v) is 8.74. The van der Waals surface area contributed by atoms with Gasteiger partial charge in [-0.15, -0.1) is 0 Å². The molecule has 0 amide bonds. The summed E-state index contributed by atoms with van der Waals surface area (Å²) in [5, 5.41) is 0. The highest BCUT2D eigenvalue weighted by atomic mass is 16.1. The summed E-state index contributed by atoms with van der Waals surface area (Å²) in [6, 6.07) is 3.80. The summed E-state index contributed by atoms with van der Waals surface area (Å²) in [5.74, 6) is 0. The Bertz CT molecular complexity index is 551. The summed E-state index contributed by atoms with van der Waals surface area (Å²) >= 11 is 0. The van der Waals surface area contributed by atoms with Crippen LogP contribution < -0.4 is 11.4 Å². The van der Waals surface area contributed by atoms with Crippen LogP contribution in [-0.4, -0.2) is 9.55 Å². The number of nitrogens with two attached hydrogens (primary N) is 1. The molecular weight excluding hydrogens is 190 g/mol. The number of nitrogens with zero attached hydrogens (tertiary/aromatic N) is 1. The molecule has 1 aromatic heterocycles. The van der Waals surface area contributed by atoms with Crippen LogP contribution in [0.2, 0.25) is 0 Å². The second kappa shape index (κ2) is 3.31. The molecule has 2 aromatic rings. The Morgan fingerprint density at radius 3 is 2.60 bits per heavy atom. The number of hydrogen-bond acceptors (Lipinski definition) is 2. The Morgan fingerprint density at radius 1 is 1.27 bits per heavy atom. The van der Waals surface area contributed by atoms with Crippen LogP contribution in [0.3, 0.4) is 0 Å². The highest BCUT2D eigenvalue weighted by molar-refractivity contribution is 5.57. The van der Waals surface area contributed by atoms with E-state index < -0.39 is 0 Å². The van der Waals surface area contributed by atoms with Crippen molar-refractivity contribution in [2.45, 2.75) is 13.8 Å². The van der Waals surface area contributed by atoms with Gasteiger partial charge in [0.1, 0.15) is 0 Å². The van der Waals surface area contributed by atoms with E-state index >= 15 is 0 Å². The van der Waals surface area contributed by atoms with E-state index in [-0.39, 0.29) is 5.69 Å². The van der Waals surface area contributed by atoms with Gasteiger partial charge in [0.2, 0.25) is 0 Å². The van der Waals surface area contributed by atoms with Crippen molar-refractivity contribution in [3.05, 3.63) is 46.1 Å². The summed E-state index contributed by atoms with van der Waals surface area (Å²) in [5.41, 5.74) is 9.25. The van der Waals surface area contributed by atoms with Crippen molar-refractivity contribution in [3.63, 3.8) is 0 Å². The van der Waals surface area contributed by atoms with Gasteiger partial charge in [0.05, 0.1) is 5.69 Å². The van der Waals surface area contributed by atoms with Crippen LogP contribution in [0.5, 0.6) is 0 Å². The molecule has 15 heavy (non-hydrogen) atoms. The molecule has 1 aromatic carbocycles. The average Bonchev–Trinajstić information content (AvgIpc) is 2.58. The lowest BCUT2D eigenvalue weighted by Crippen LogP contribution is -2.15. The molecule has 1 heterocycles. The quantitative estimate of drug-likeness (QED) is 0.687. The molecule has 0 unspecified atom stereocenters. The third kappa shape index (κ3) is 1.54. The Morgan fingerprint density at radius 2 is 2.00 bits per heavy atom. The van der Waals surface area contributed by atoms with Gasteiger partial charge in [-0.05, 0) is 31.0 Å². The monoisotopic (exact) mass is 203 g/mol. The van der Waals surface area contributed by atoms with Crippen molar-refractivity contribution >= 4 is 5.69 Å². The Kier molecular flexibility index (Phi) is 2.11. The summed E-state index contributed by atoms with van der Waals surface area (Å²) in [4.78, 5) is 14.0. The molecule has 0 aliphatic rings. The molecule has 0 atom stereocenters. The van der Waals surface area contributed by atoms with Gasteiger partial charge in [0.25, 0.3) is 0 Å². The number of H-pyrrole nitrogens is 1. The van der Waals surface area contributed by atoms with Crippen molar-refractivity contribution in [1.29, 1.82) is 0 Å². The fraction of sp³-hybridized carbons (Fsp3) is 0.182. The minimum atomic E-state index is -0.152. The molecule has 3 N–H and O–H groups in total. The van der Waals surface area contributed by atoms with E-state index in [9.17, 15) is 4.79 Å². The highest BCUT2D eigenvalue weighted by Crippen LogP contribution is 2.19. The van der Waals surface area contributed by atoms with Gasteiger partial charge in [-0.2, -0.15) is 0 Å². The van der Waals surface area contributed by atoms with Gasteiger partial charge in [0.15, 0.2) is 0 Å².